The average Bonchev–Trinajstić information content (AvgIpc) is 1.77. The molecule has 0 atom stereocenters. The Kier molecular flexibility index (Phi) is 1.80. The van der Waals surface area contributed by atoms with E-state index in [9.17, 15) is 0 Å². The first-order valence-electron chi connectivity index (χ1n) is 2.68. The van der Waals surface area contributed by atoms with Crippen LogP contribution in [-0.2, 0) is 0 Å². The van der Waals surface area contributed by atoms with Gasteiger partial charge in [0.05, 0.1) is 13.3 Å². The zero-order valence-corrected chi connectivity index (χ0v) is 5.31. The molecule has 1 rings (SSSR count). The van der Waals surface area contributed by atoms with Gasteiger partial charge in [0.25, 0.3) is 0 Å². The van der Waals surface area contributed by atoms with Gasteiger partial charge in [-0.15, -0.1) is 0 Å². The van der Waals surface area contributed by atoms with Gasteiger partial charge in [0, 0.05) is 14.1 Å². The molecule has 0 aromatic heterocycles. The van der Waals surface area contributed by atoms with Crippen LogP contribution in [0.25, 0.3) is 0 Å². The van der Waals surface area contributed by atoms with Crippen LogP contribution in [0, 0.1) is 0 Å². The van der Waals surface area contributed by atoms with Gasteiger partial charge in [-0.1, -0.05) is 0 Å². The summed E-state index contributed by atoms with van der Waals surface area (Å²) in [7, 11) is 4.00. The quantitative estimate of drug-likeness (QED) is 0.415. The third kappa shape index (κ3) is 1.41. The fraction of sp³-hybridized carbons (Fsp3) is 1.00. The van der Waals surface area contributed by atoms with Gasteiger partial charge in [-0.3, -0.25) is 0 Å². The molecule has 0 aliphatic carbocycles. The predicted octanol–water partition coefficient (Wildman–Crippen LogP) is -1.21. The van der Waals surface area contributed by atoms with Crippen LogP contribution in [0.1, 0.15) is 0 Å². The highest BCUT2D eigenvalue weighted by Crippen LogP contribution is 1.80. The number of rotatable bonds is 0. The highest BCUT2D eigenvalue weighted by atomic mass is 15.7. The summed E-state index contributed by atoms with van der Waals surface area (Å²) < 4.78 is 0. The highest BCUT2D eigenvalue weighted by Gasteiger charge is 2.05. The minimum Gasteiger partial charge on any atom is -0.239 e. The Morgan fingerprint density at radius 2 is 1.38 bits per heavy atom. The lowest BCUT2D eigenvalue weighted by Gasteiger charge is -2.31. The predicted molar refractivity (Wildman–Crippen MR) is 31.5 cm³/mol. The lowest BCUT2D eigenvalue weighted by atomic mass is 10.8. The van der Waals surface area contributed by atoms with E-state index in [1.54, 1.807) is 0 Å². The van der Waals surface area contributed by atoms with E-state index in [4.69, 9.17) is 0 Å². The van der Waals surface area contributed by atoms with Gasteiger partial charge in [-0.25, -0.2) is 20.9 Å². The van der Waals surface area contributed by atoms with Crippen LogP contribution in [0.2, 0.25) is 0 Å². The molecule has 1 aliphatic heterocycles. The van der Waals surface area contributed by atoms with Crippen LogP contribution in [-0.4, -0.2) is 37.5 Å². The third-order valence-corrected chi connectivity index (χ3v) is 1.16. The molecule has 48 valence electrons. The smallest absolute Gasteiger partial charge is 0.0751 e. The van der Waals surface area contributed by atoms with Crippen LogP contribution in [0.15, 0.2) is 0 Å². The van der Waals surface area contributed by atoms with Gasteiger partial charge in [-0.2, -0.15) is 0 Å². The summed E-state index contributed by atoms with van der Waals surface area (Å²) in [5.41, 5.74) is 6.26. The maximum atomic E-state index is 3.13. The average molecular weight is 116 g/mol. The molecule has 0 radical (unpaired) electrons. The molecular formula is C4H12N4. The Morgan fingerprint density at radius 3 is 1.62 bits per heavy atom. The molecule has 0 bridgehead atoms. The van der Waals surface area contributed by atoms with Crippen molar-refractivity contribution in [3.63, 3.8) is 0 Å². The summed E-state index contributed by atoms with van der Waals surface area (Å²) in [6, 6.07) is 0. The van der Waals surface area contributed by atoms with Crippen molar-refractivity contribution < 1.29 is 0 Å². The summed E-state index contributed by atoms with van der Waals surface area (Å²) in [4.78, 5) is 0. The van der Waals surface area contributed by atoms with Crippen molar-refractivity contribution in [2.24, 2.45) is 0 Å². The Hall–Kier alpha value is -0.160. The Morgan fingerprint density at radius 1 is 1.00 bits per heavy atom. The van der Waals surface area contributed by atoms with Crippen LogP contribution in [0.3, 0.4) is 0 Å². The lowest BCUT2D eigenvalue weighted by molar-refractivity contribution is 0.0412. The third-order valence-electron chi connectivity index (χ3n) is 1.16. The second-order valence-corrected chi connectivity index (χ2v) is 2.03. The van der Waals surface area contributed by atoms with E-state index in [2.05, 4.69) is 10.9 Å². The molecule has 1 saturated heterocycles. The summed E-state index contributed by atoms with van der Waals surface area (Å²) >= 11 is 0. The summed E-state index contributed by atoms with van der Waals surface area (Å²) in [6.45, 7) is 1.74. The molecule has 4 heteroatoms. The van der Waals surface area contributed by atoms with Crippen LogP contribution in [0.4, 0.5) is 0 Å². The van der Waals surface area contributed by atoms with E-state index in [1.807, 2.05) is 24.1 Å². The normalized spacial score (nSPS) is 26.2. The molecule has 0 aromatic rings. The van der Waals surface area contributed by atoms with Gasteiger partial charge in [0.15, 0.2) is 0 Å². The molecule has 8 heavy (non-hydrogen) atoms. The fourth-order valence-corrected chi connectivity index (χ4v) is 0.565. The first-order valence-corrected chi connectivity index (χ1v) is 2.68. The van der Waals surface area contributed by atoms with E-state index >= 15 is 0 Å². The van der Waals surface area contributed by atoms with Crippen LogP contribution >= 0.6 is 0 Å². The van der Waals surface area contributed by atoms with Crippen molar-refractivity contribution in [1.82, 2.24) is 20.9 Å². The summed E-state index contributed by atoms with van der Waals surface area (Å²) in [6.07, 6.45) is 0. The Labute approximate surface area is 49.4 Å². The summed E-state index contributed by atoms with van der Waals surface area (Å²) in [5.74, 6) is 0. The van der Waals surface area contributed by atoms with E-state index in [0.29, 0.717) is 0 Å². The minimum atomic E-state index is 0.872. The minimum absolute atomic E-state index is 0.872. The second kappa shape index (κ2) is 2.41. The largest absolute Gasteiger partial charge is 0.239 e. The van der Waals surface area contributed by atoms with Gasteiger partial charge in [-0.05, 0) is 0 Å². The van der Waals surface area contributed by atoms with Gasteiger partial charge in [0.2, 0.25) is 0 Å². The number of hydrogen-bond acceptors (Lipinski definition) is 4. The standard InChI is InChI=1S/C4H12N4/c1-7-3-6-8(2)4-5-7/h5-6H,3-4H2,1-2H3. The molecule has 0 unspecified atom stereocenters. The van der Waals surface area contributed by atoms with Crippen molar-refractivity contribution >= 4 is 0 Å². The van der Waals surface area contributed by atoms with Crippen molar-refractivity contribution in [2.75, 3.05) is 27.4 Å². The number of nitrogens with zero attached hydrogens (tertiary/aromatic N) is 2. The van der Waals surface area contributed by atoms with Crippen molar-refractivity contribution in [2.45, 2.75) is 0 Å². The second-order valence-electron chi connectivity index (χ2n) is 2.03. The van der Waals surface area contributed by atoms with Crippen LogP contribution in [0.5, 0.6) is 0 Å². The van der Waals surface area contributed by atoms with E-state index in [0.717, 1.165) is 13.3 Å². The Balaban J connectivity index is 2.19. The topological polar surface area (TPSA) is 30.5 Å². The monoisotopic (exact) mass is 116 g/mol. The molecule has 1 aliphatic rings. The van der Waals surface area contributed by atoms with Crippen molar-refractivity contribution in [1.29, 1.82) is 0 Å². The van der Waals surface area contributed by atoms with E-state index < -0.39 is 0 Å². The highest BCUT2D eigenvalue weighted by molar-refractivity contribution is 4.47. The number of hydrazine groups is 2. The number of nitrogens with one attached hydrogen (secondary N) is 2. The molecule has 0 amide bonds. The molecule has 0 spiro atoms. The molecular weight excluding hydrogens is 104 g/mol. The SMILES string of the molecule is CN1CNN(C)CN1. The van der Waals surface area contributed by atoms with Gasteiger partial charge >= 0.3 is 0 Å². The zero-order chi connectivity index (χ0) is 5.98. The molecule has 0 aromatic carbocycles. The molecule has 1 heterocycles. The summed E-state index contributed by atoms with van der Waals surface area (Å²) in [5, 5.41) is 4.00. The molecule has 4 nitrogen and oxygen atoms in total. The van der Waals surface area contributed by atoms with Gasteiger partial charge < -0.3 is 0 Å². The maximum absolute atomic E-state index is 3.13. The molecule has 0 saturated carbocycles. The first-order chi connectivity index (χ1) is 3.79. The van der Waals surface area contributed by atoms with Crippen molar-refractivity contribution in [3.8, 4) is 0 Å². The zero-order valence-electron chi connectivity index (χ0n) is 5.31. The number of hydrogen-bond donors (Lipinski definition) is 2. The molecule has 1 fully saturated rings. The first kappa shape index (κ1) is 5.97. The van der Waals surface area contributed by atoms with Crippen LogP contribution < -0.4 is 10.9 Å². The molecule has 2 N–H and O–H groups in total. The van der Waals surface area contributed by atoms with Gasteiger partial charge in [0.1, 0.15) is 0 Å². The van der Waals surface area contributed by atoms with E-state index in [1.165, 1.54) is 0 Å². The lowest BCUT2D eigenvalue weighted by Crippen LogP contribution is -2.57. The fourth-order valence-electron chi connectivity index (χ4n) is 0.565. The van der Waals surface area contributed by atoms with Crippen molar-refractivity contribution in [3.05, 3.63) is 0 Å². The van der Waals surface area contributed by atoms with E-state index in [-0.39, 0.29) is 0 Å². The maximum Gasteiger partial charge on any atom is 0.0751 e. The Bertz CT molecular complexity index is 56.4.